The molecule has 1 fully saturated rings. The number of hydrogen-bond acceptors (Lipinski definition) is 3. The third kappa shape index (κ3) is 5.22. The molecule has 0 radical (unpaired) electrons. The third-order valence-corrected chi connectivity index (χ3v) is 5.18. The number of nitrogens with one attached hydrogen (secondary N) is 1. The Kier molecular flexibility index (Phi) is 6.37. The molecule has 0 bridgehead atoms. The number of halogens is 2. The highest BCUT2D eigenvalue weighted by molar-refractivity contribution is 6.35. The van der Waals surface area contributed by atoms with Crippen LogP contribution in [0.4, 0.5) is 10.5 Å². The van der Waals surface area contributed by atoms with Crippen molar-refractivity contribution in [1.29, 1.82) is 0 Å². The fourth-order valence-electron chi connectivity index (χ4n) is 3.02. The number of carbonyl (C=O) groups is 2. The summed E-state index contributed by atoms with van der Waals surface area (Å²) >= 11 is 12.2. The number of rotatable bonds is 4. The fourth-order valence-corrected chi connectivity index (χ4v) is 3.49. The molecule has 0 unspecified atom stereocenters. The topological polar surface area (TPSA) is 52.7 Å². The van der Waals surface area contributed by atoms with E-state index in [0.717, 1.165) is 25.2 Å². The summed E-state index contributed by atoms with van der Waals surface area (Å²) in [5.41, 5.74) is 2.24. The molecular formula is C20H21Cl2N3O2. The van der Waals surface area contributed by atoms with Gasteiger partial charge in [-0.05, 0) is 36.8 Å². The number of hydrogen-bond donors (Lipinski definition) is 1. The number of benzene rings is 2. The number of piperazine rings is 1. The first kappa shape index (κ1) is 19.7. The number of urea groups is 1. The summed E-state index contributed by atoms with van der Waals surface area (Å²) in [7, 11) is 0. The average Bonchev–Trinajstić information content (AvgIpc) is 2.65. The summed E-state index contributed by atoms with van der Waals surface area (Å²) in [5.74, 6) is -0.0272. The highest BCUT2D eigenvalue weighted by atomic mass is 35.5. The van der Waals surface area contributed by atoms with Gasteiger partial charge in [0.05, 0.1) is 0 Å². The zero-order valence-corrected chi connectivity index (χ0v) is 16.6. The van der Waals surface area contributed by atoms with Crippen molar-refractivity contribution in [2.75, 3.05) is 31.5 Å². The molecule has 1 aliphatic rings. The molecule has 0 atom stereocenters. The Labute approximate surface area is 168 Å². The zero-order valence-electron chi connectivity index (χ0n) is 15.0. The maximum Gasteiger partial charge on any atom is 0.321 e. The van der Waals surface area contributed by atoms with Gasteiger partial charge in [0.2, 0.25) is 0 Å². The van der Waals surface area contributed by atoms with E-state index in [0.29, 0.717) is 34.4 Å². The van der Waals surface area contributed by atoms with Crippen LogP contribution >= 0.6 is 23.2 Å². The van der Waals surface area contributed by atoms with Crippen molar-refractivity contribution in [2.45, 2.75) is 13.5 Å². The molecule has 142 valence electrons. The van der Waals surface area contributed by atoms with Crippen LogP contribution in [0.25, 0.3) is 0 Å². The van der Waals surface area contributed by atoms with Crippen molar-refractivity contribution in [1.82, 2.24) is 9.80 Å². The molecule has 2 aromatic carbocycles. The first-order chi connectivity index (χ1) is 12.9. The van der Waals surface area contributed by atoms with Gasteiger partial charge in [-0.25, -0.2) is 4.79 Å². The third-order valence-electron chi connectivity index (χ3n) is 4.59. The Morgan fingerprint density at radius 2 is 1.78 bits per heavy atom. The number of anilines is 1. The van der Waals surface area contributed by atoms with Gasteiger partial charge in [0.15, 0.2) is 5.78 Å². The van der Waals surface area contributed by atoms with Gasteiger partial charge in [0, 0.05) is 54.0 Å². The molecule has 0 aliphatic carbocycles. The van der Waals surface area contributed by atoms with E-state index >= 15 is 0 Å². The number of nitrogens with zero attached hydrogens (tertiary/aromatic N) is 2. The maximum atomic E-state index is 12.5. The monoisotopic (exact) mass is 405 g/mol. The highest BCUT2D eigenvalue weighted by Crippen LogP contribution is 2.23. The van der Waals surface area contributed by atoms with Crippen LogP contribution in [-0.4, -0.2) is 47.8 Å². The van der Waals surface area contributed by atoms with Crippen LogP contribution in [0.1, 0.15) is 22.8 Å². The first-order valence-corrected chi connectivity index (χ1v) is 9.51. The largest absolute Gasteiger partial charge is 0.322 e. The number of amides is 2. The molecule has 2 aromatic rings. The molecule has 1 heterocycles. The van der Waals surface area contributed by atoms with Crippen LogP contribution in [0, 0.1) is 0 Å². The summed E-state index contributed by atoms with van der Waals surface area (Å²) < 4.78 is 0. The van der Waals surface area contributed by atoms with Gasteiger partial charge in [-0.3, -0.25) is 9.69 Å². The lowest BCUT2D eigenvalue weighted by Crippen LogP contribution is -2.49. The average molecular weight is 406 g/mol. The number of carbonyl (C=O) groups excluding carboxylic acids is 2. The lowest BCUT2D eigenvalue weighted by molar-refractivity contribution is 0.101. The van der Waals surface area contributed by atoms with E-state index in [4.69, 9.17) is 23.2 Å². The molecule has 1 saturated heterocycles. The summed E-state index contributed by atoms with van der Waals surface area (Å²) in [6, 6.07) is 12.3. The van der Waals surface area contributed by atoms with Gasteiger partial charge in [-0.1, -0.05) is 41.4 Å². The van der Waals surface area contributed by atoms with Crippen molar-refractivity contribution in [2.24, 2.45) is 0 Å². The molecule has 3 rings (SSSR count). The number of ketones is 1. The van der Waals surface area contributed by atoms with Crippen LogP contribution in [0.3, 0.4) is 0 Å². The van der Waals surface area contributed by atoms with Crippen LogP contribution in [0.2, 0.25) is 10.0 Å². The Balaban J connectivity index is 1.53. The molecule has 1 N–H and O–H groups in total. The van der Waals surface area contributed by atoms with Gasteiger partial charge < -0.3 is 10.2 Å². The molecule has 2 amide bonds. The molecule has 0 saturated carbocycles. The van der Waals surface area contributed by atoms with Gasteiger partial charge in [0.1, 0.15) is 0 Å². The molecule has 1 aliphatic heterocycles. The highest BCUT2D eigenvalue weighted by Gasteiger charge is 2.21. The van der Waals surface area contributed by atoms with Crippen LogP contribution in [0.15, 0.2) is 42.5 Å². The minimum absolute atomic E-state index is 0.0272. The summed E-state index contributed by atoms with van der Waals surface area (Å²) in [4.78, 5) is 28.0. The van der Waals surface area contributed by atoms with Crippen molar-refractivity contribution in [3.8, 4) is 0 Å². The van der Waals surface area contributed by atoms with E-state index in [1.807, 2.05) is 12.1 Å². The predicted octanol–water partition coefficient (Wildman–Crippen LogP) is 4.55. The van der Waals surface area contributed by atoms with E-state index in [-0.39, 0.29) is 11.8 Å². The van der Waals surface area contributed by atoms with E-state index in [1.165, 1.54) is 6.92 Å². The Morgan fingerprint density at radius 3 is 2.44 bits per heavy atom. The predicted molar refractivity (Wildman–Crippen MR) is 109 cm³/mol. The van der Waals surface area contributed by atoms with E-state index < -0.39 is 0 Å². The second-order valence-electron chi connectivity index (χ2n) is 6.57. The lowest BCUT2D eigenvalue weighted by atomic mass is 10.1. The van der Waals surface area contributed by atoms with E-state index in [9.17, 15) is 9.59 Å². The van der Waals surface area contributed by atoms with Crippen LogP contribution in [-0.2, 0) is 6.54 Å². The zero-order chi connectivity index (χ0) is 19.4. The molecule has 5 nitrogen and oxygen atoms in total. The van der Waals surface area contributed by atoms with Crippen LogP contribution in [0.5, 0.6) is 0 Å². The molecule has 0 aromatic heterocycles. The van der Waals surface area contributed by atoms with Gasteiger partial charge in [-0.15, -0.1) is 0 Å². The Bertz CT molecular complexity index is 849. The van der Waals surface area contributed by atoms with Crippen molar-refractivity contribution in [3.05, 3.63) is 63.6 Å². The minimum Gasteiger partial charge on any atom is -0.322 e. The van der Waals surface area contributed by atoms with E-state index in [2.05, 4.69) is 10.2 Å². The Hall–Kier alpha value is -2.08. The molecule has 27 heavy (non-hydrogen) atoms. The lowest BCUT2D eigenvalue weighted by Gasteiger charge is -2.34. The second-order valence-corrected chi connectivity index (χ2v) is 7.41. The standard InChI is InChI=1S/C20H21Cl2N3O2/c1-14(26)15-3-2-4-18(11-15)23-20(27)25-9-7-24(8-10-25)13-16-5-6-17(21)12-19(16)22/h2-6,11-12H,7-10,13H2,1H3,(H,23,27). The summed E-state index contributed by atoms with van der Waals surface area (Å²) in [6.07, 6.45) is 0. The Morgan fingerprint density at radius 1 is 1.04 bits per heavy atom. The molecule has 0 spiro atoms. The van der Waals surface area contributed by atoms with Crippen molar-refractivity contribution in [3.63, 3.8) is 0 Å². The van der Waals surface area contributed by atoms with Gasteiger partial charge >= 0.3 is 6.03 Å². The van der Waals surface area contributed by atoms with Gasteiger partial charge in [0.25, 0.3) is 0 Å². The maximum absolute atomic E-state index is 12.5. The van der Waals surface area contributed by atoms with Crippen molar-refractivity contribution >= 4 is 40.7 Å². The van der Waals surface area contributed by atoms with Crippen LogP contribution < -0.4 is 5.32 Å². The first-order valence-electron chi connectivity index (χ1n) is 8.75. The number of Topliss-reactive ketones (excluding diaryl/α,β-unsaturated/α-hetero) is 1. The second kappa shape index (κ2) is 8.74. The quantitative estimate of drug-likeness (QED) is 0.759. The smallest absolute Gasteiger partial charge is 0.321 e. The SMILES string of the molecule is CC(=O)c1cccc(NC(=O)N2CCN(Cc3ccc(Cl)cc3Cl)CC2)c1. The summed E-state index contributed by atoms with van der Waals surface area (Å²) in [6.45, 7) is 5.02. The van der Waals surface area contributed by atoms with E-state index in [1.54, 1.807) is 35.2 Å². The molecular weight excluding hydrogens is 385 g/mol. The van der Waals surface area contributed by atoms with Gasteiger partial charge in [-0.2, -0.15) is 0 Å². The fraction of sp³-hybridized carbons (Fsp3) is 0.300. The molecule has 7 heteroatoms. The normalized spacial score (nSPS) is 14.9. The minimum atomic E-state index is -0.153. The summed E-state index contributed by atoms with van der Waals surface area (Å²) in [5, 5.41) is 4.15. The van der Waals surface area contributed by atoms with Crippen molar-refractivity contribution < 1.29 is 9.59 Å².